The van der Waals surface area contributed by atoms with Gasteiger partial charge in [-0.3, -0.25) is 4.79 Å². The molecule has 3 rings (SSSR count). The minimum atomic E-state index is -0.230. The standard InChI is InChI=1S/C17H12Cl2N2OS/c1-10-15(23-17(20-10)11-5-3-2-4-6-11)16(22)21-14-8-7-12(18)9-13(14)19/h2-9H,1H3,(H,21,22). The van der Waals surface area contributed by atoms with Crippen molar-refractivity contribution in [3.05, 3.63) is 69.1 Å². The number of hydrogen-bond acceptors (Lipinski definition) is 3. The fourth-order valence-corrected chi connectivity index (χ4v) is 3.50. The van der Waals surface area contributed by atoms with Crippen LogP contribution in [0.1, 0.15) is 15.4 Å². The van der Waals surface area contributed by atoms with Gasteiger partial charge in [0, 0.05) is 10.6 Å². The molecule has 0 saturated carbocycles. The SMILES string of the molecule is Cc1nc(-c2ccccc2)sc1C(=O)Nc1ccc(Cl)cc1Cl. The highest BCUT2D eigenvalue weighted by molar-refractivity contribution is 7.17. The third-order valence-electron chi connectivity index (χ3n) is 3.20. The summed E-state index contributed by atoms with van der Waals surface area (Å²) in [5.41, 5.74) is 2.20. The molecule has 0 aliphatic carbocycles. The number of aryl methyl sites for hydroxylation is 1. The van der Waals surface area contributed by atoms with Crippen LogP contribution in [0.2, 0.25) is 10.0 Å². The van der Waals surface area contributed by atoms with E-state index in [2.05, 4.69) is 10.3 Å². The molecule has 0 aliphatic heterocycles. The van der Waals surface area contributed by atoms with Crippen LogP contribution in [0.25, 0.3) is 10.6 Å². The molecule has 0 bridgehead atoms. The zero-order valence-corrected chi connectivity index (χ0v) is 14.5. The van der Waals surface area contributed by atoms with Gasteiger partial charge in [0.1, 0.15) is 9.88 Å². The Morgan fingerprint density at radius 3 is 2.57 bits per heavy atom. The van der Waals surface area contributed by atoms with Gasteiger partial charge in [-0.25, -0.2) is 4.98 Å². The first-order valence-electron chi connectivity index (χ1n) is 6.84. The van der Waals surface area contributed by atoms with Gasteiger partial charge in [-0.2, -0.15) is 0 Å². The van der Waals surface area contributed by atoms with Crippen molar-refractivity contribution >= 4 is 46.1 Å². The van der Waals surface area contributed by atoms with Crippen LogP contribution in [0.4, 0.5) is 5.69 Å². The van der Waals surface area contributed by atoms with E-state index in [1.807, 2.05) is 37.3 Å². The average molecular weight is 363 g/mol. The highest BCUT2D eigenvalue weighted by atomic mass is 35.5. The smallest absolute Gasteiger partial charge is 0.267 e. The second kappa shape index (κ2) is 6.71. The maximum atomic E-state index is 12.5. The molecule has 0 fully saturated rings. The molecule has 0 radical (unpaired) electrons. The van der Waals surface area contributed by atoms with Crippen LogP contribution in [0.5, 0.6) is 0 Å². The fraction of sp³-hybridized carbons (Fsp3) is 0.0588. The largest absolute Gasteiger partial charge is 0.320 e. The van der Waals surface area contributed by atoms with Crippen molar-refractivity contribution in [2.75, 3.05) is 5.32 Å². The van der Waals surface area contributed by atoms with Gasteiger partial charge in [0.15, 0.2) is 0 Å². The zero-order valence-electron chi connectivity index (χ0n) is 12.1. The van der Waals surface area contributed by atoms with Gasteiger partial charge in [-0.1, -0.05) is 53.5 Å². The Morgan fingerprint density at radius 1 is 1.13 bits per heavy atom. The summed E-state index contributed by atoms with van der Waals surface area (Å²) in [6, 6.07) is 14.7. The third-order valence-corrected chi connectivity index (χ3v) is 4.96. The maximum absolute atomic E-state index is 12.5. The number of carbonyl (C=O) groups excluding carboxylic acids is 1. The number of anilines is 1. The van der Waals surface area contributed by atoms with E-state index < -0.39 is 0 Å². The number of carbonyl (C=O) groups is 1. The van der Waals surface area contributed by atoms with Gasteiger partial charge in [0.05, 0.1) is 16.4 Å². The lowest BCUT2D eigenvalue weighted by Gasteiger charge is -2.06. The summed E-state index contributed by atoms with van der Waals surface area (Å²) in [6.45, 7) is 1.82. The third kappa shape index (κ3) is 3.55. The minimum Gasteiger partial charge on any atom is -0.320 e. The first-order valence-corrected chi connectivity index (χ1v) is 8.41. The van der Waals surface area contributed by atoms with E-state index in [0.29, 0.717) is 26.3 Å². The first-order chi connectivity index (χ1) is 11.0. The van der Waals surface area contributed by atoms with Crippen molar-refractivity contribution in [2.24, 2.45) is 0 Å². The molecule has 23 heavy (non-hydrogen) atoms. The highest BCUT2D eigenvalue weighted by Gasteiger charge is 2.17. The van der Waals surface area contributed by atoms with Crippen LogP contribution >= 0.6 is 34.5 Å². The van der Waals surface area contributed by atoms with Crippen LogP contribution in [0.15, 0.2) is 48.5 Å². The number of thiazole rings is 1. The van der Waals surface area contributed by atoms with Crippen LogP contribution < -0.4 is 5.32 Å². The summed E-state index contributed by atoms with van der Waals surface area (Å²) in [4.78, 5) is 17.5. The van der Waals surface area contributed by atoms with Crippen molar-refractivity contribution in [2.45, 2.75) is 6.92 Å². The Labute approximate surface area is 147 Å². The second-order valence-corrected chi connectivity index (χ2v) is 6.72. The predicted octanol–water partition coefficient (Wildman–Crippen LogP) is 5.68. The lowest BCUT2D eigenvalue weighted by molar-refractivity contribution is 0.103. The Balaban J connectivity index is 1.87. The maximum Gasteiger partial charge on any atom is 0.267 e. The van der Waals surface area contributed by atoms with Crippen molar-refractivity contribution in [3.8, 4) is 10.6 Å². The molecule has 0 atom stereocenters. The van der Waals surface area contributed by atoms with Crippen molar-refractivity contribution in [1.29, 1.82) is 0 Å². The molecule has 2 aromatic carbocycles. The number of nitrogens with zero attached hydrogens (tertiary/aromatic N) is 1. The van der Waals surface area contributed by atoms with Crippen molar-refractivity contribution in [3.63, 3.8) is 0 Å². The number of amides is 1. The normalized spacial score (nSPS) is 10.6. The summed E-state index contributed by atoms with van der Waals surface area (Å²) in [6.07, 6.45) is 0. The lowest BCUT2D eigenvalue weighted by Crippen LogP contribution is -2.11. The molecule has 1 heterocycles. The molecule has 0 aliphatic rings. The second-order valence-electron chi connectivity index (χ2n) is 4.88. The molecular weight excluding hydrogens is 351 g/mol. The van der Waals surface area contributed by atoms with E-state index in [0.717, 1.165) is 10.6 Å². The molecule has 0 spiro atoms. The van der Waals surface area contributed by atoms with Crippen LogP contribution in [-0.2, 0) is 0 Å². The average Bonchev–Trinajstić information content (AvgIpc) is 2.93. The number of nitrogens with one attached hydrogen (secondary N) is 1. The topological polar surface area (TPSA) is 42.0 Å². The van der Waals surface area contributed by atoms with Gasteiger partial charge in [0.25, 0.3) is 5.91 Å². The molecule has 6 heteroatoms. The lowest BCUT2D eigenvalue weighted by atomic mass is 10.2. The Hall–Kier alpha value is -1.88. The summed E-state index contributed by atoms with van der Waals surface area (Å²) in [5.74, 6) is -0.230. The van der Waals surface area contributed by atoms with Crippen molar-refractivity contribution < 1.29 is 4.79 Å². The molecule has 3 nitrogen and oxygen atoms in total. The summed E-state index contributed by atoms with van der Waals surface area (Å²) >= 11 is 13.3. The summed E-state index contributed by atoms with van der Waals surface area (Å²) in [7, 11) is 0. The van der Waals surface area contributed by atoms with E-state index in [1.54, 1.807) is 18.2 Å². The van der Waals surface area contributed by atoms with E-state index in [1.165, 1.54) is 11.3 Å². The molecule has 0 saturated heterocycles. The molecule has 3 aromatic rings. The van der Waals surface area contributed by atoms with E-state index in [9.17, 15) is 4.79 Å². The monoisotopic (exact) mass is 362 g/mol. The zero-order chi connectivity index (χ0) is 16.4. The number of halogens is 2. The van der Waals surface area contributed by atoms with E-state index in [4.69, 9.17) is 23.2 Å². The van der Waals surface area contributed by atoms with Gasteiger partial charge in [0.2, 0.25) is 0 Å². The van der Waals surface area contributed by atoms with Gasteiger partial charge in [-0.15, -0.1) is 11.3 Å². The predicted molar refractivity (Wildman–Crippen MR) is 96.7 cm³/mol. The first kappa shape index (κ1) is 16.0. The summed E-state index contributed by atoms with van der Waals surface area (Å²) < 4.78 is 0. The fourth-order valence-electron chi connectivity index (χ4n) is 2.08. The van der Waals surface area contributed by atoms with Gasteiger partial charge >= 0.3 is 0 Å². The Kier molecular flexibility index (Phi) is 4.66. The number of hydrogen-bond donors (Lipinski definition) is 1. The Bertz CT molecular complexity index is 862. The summed E-state index contributed by atoms with van der Waals surface area (Å²) in [5, 5.41) is 4.54. The van der Waals surface area contributed by atoms with E-state index in [-0.39, 0.29) is 5.91 Å². The van der Waals surface area contributed by atoms with Gasteiger partial charge < -0.3 is 5.32 Å². The number of rotatable bonds is 3. The molecule has 116 valence electrons. The van der Waals surface area contributed by atoms with Crippen LogP contribution in [0, 0.1) is 6.92 Å². The molecule has 1 aromatic heterocycles. The van der Waals surface area contributed by atoms with Crippen LogP contribution in [0.3, 0.4) is 0 Å². The quantitative estimate of drug-likeness (QED) is 0.651. The van der Waals surface area contributed by atoms with Gasteiger partial charge in [-0.05, 0) is 25.1 Å². The molecule has 0 unspecified atom stereocenters. The van der Waals surface area contributed by atoms with Crippen LogP contribution in [-0.4, -0.2) is 10.9 Å². The molecular formula is C17H12Cl2N2OS. The Morgan fingerprint density at radius 2 is 1.87 bits per heavy atom. The number of aromatic nitrogens is 1. The minimum absolute atomic E-state index is 0.230. The van der Waals surface area contributed by atoms with E-state index >= 15 is 0 Å². The molecule has 1 amide bonds. The highest BCUT2D eigenvalue weighted by Crippen LogP contribution is 2.30. The molecule has 1 N–H and O–H groups in total. The number of benzene rings is 2. The van der Waals surface area contributed by atoms with Crippen molar-refractivity contribution in [1.82, 2.24) is 4.98 Å².